The van der Waals surface area contributed by atoms with Crippen LogP contribution in [0.4, 0.5) is 5.69 Å². The minimum Gasteiger partial charge on any atom is -0.322 e. The van der Waals surface area contributed by atoms with Crippen LogP contribution in [0.15, 0.2) is 58.2 Å². The number of rotatable bonds is 3. The third-order valence-corrected chi connectivity index (χ3v) is 5.14. The molecule has 118 valence electrons. The highest BCUT2D eigenvalue weighted by Crippen LogP contribution is 2.21. The molecule has 0 atom stereocenters. The van der Waals surface area contributed by atoms with Gasteiger partial charge >= 0.3 is 0 Å². The molecule has 0 saturated heterocycles. The molecular formula is C17H16N2O3S. The van der Waals surface area contributed by atoms with E-state index in [4.69, 9.17) is 0 Å². The third kappa shape index (κ3) is 3.12. The minimum atomic E-state index is -3.69. The summed E-state index contributed by atoms with van der Waals surface area (Å²) in [5.74, 6) is 0. The molecule has 0 spiro atoms. The van der Waals surface area contributed by atoms with Crippen molar-refractivity contribution in [2.45, 2.75) is 18.7 Å². The van der Waals surface area contributed by atoms with Crippen molar-refractivity contribution in [1.82, 2.24) is 4.98 Å². The molecule has 5 nitrogen and oxygen atoms in total. The van der Waals surface area contributed by atoms with Crippen molar-refractivity contribution in [2.75, 3.05) is 4.72 Å². The van der Waals surface area contributed by atoms with E-state index < -0.39 is 10.0 Å². The highest BCUT2D eigenvalue weighted by Gasteiger charge is 2.15. The normalized spacial score (nSPS) is 11.6. The highest BCUT2D eigenvalue weighted by atomic mass is 32.2. The first-order valence-electron chi connectivity index (χ1n) is 7.08. The molecule has 0 aliphatic rings. The number of nitrogens with one attached hydrogen (secondary N) is 2. The Balaban J connectivity index is 2.00. The maximum absolute atomic E-state index is 12.5. The van der Waals surface area contributed by atoms with Crippen LogP contribution in [-0.2, 0) is 10.0 Å². The van der Waals surface area contributed by atoms with Crippen LogP contribution in [0.3, 0.4) is 0 Å². The highest BCUT2D eigenvalue weighted by molar-refractivity contribution is 7.92. The van der Waals surface area contributed by atoms with Crippen LogP contribution in [0.1, 0.15) is 11.1 Å². The molecule has 0 aliphatic heterocycles. The van der Waals surface area contributed by atoms with Crippen LogP contribution >= 0.6 is 0 Å². The smallest absolute Gasteiger partial charge is 0.261 e. The lowest BCUT2D eigenvalue weighted by Gasteiger charge is -2.10. The number of aromatic nitrogens is 1. The Hall–Kier alpha value is -2.60. The van der Waals surface area contributed by atoms with Crippen molar-refractivity contribution < 1.29 is 8.42 Å². The molecule has 0 radical (unpaired) electrons. The quantitative estimate of drug-likeness (QED) is 0.776. The first-order valence-corrected chi connectivity index (χ1v) is 8.57. The summed E-state index contributed by atoms with van der Waals surface area (Å²) < 4.78 is 27.6. The summed E-state index contributed by atoms with van der Waals surface area (Å²) in [4.78, 5) is 14.1. The lowest BCUT2D eigenvalue weighted by molar-refractivity contribution is 0.601. The molecule has 0 aliphatic carbocycles. The topological polar surface area (TPSA) is 79.0 Å². The number of sulfonamides is 1. The Bertz CT molecular complexity index is 1050. The van der Waals surface area contributed by atoms with Crippen molar-refractivity contribution in [1.29, 1.82) is 0 Å². The molecule has 0 amide bonds. The Morgan fingerprint density at radius 2 is 1.70 bits per heavy atom. The molecule has 1 heterocycles. The predicted molar refractivity (Wildman–Crippen MR) is 91.3 cm³/mol. The van der Waals surface area contributed by atoms with Crippen molar-refractivity contribution in [3.05, 3.63) is 70.0 Å². The lowest BCUT2D eigenvalue weighted by Crippen LogP contribution is -2.13. The van der Waals surface area contributed by atoms with Gasteiger partial charge in [0.25, 0.3) is 10.0 Å². The van der Waals surface area contributed by atoms with E-state index in [1.807, 2.05) is 19.9 Å². The summed E-state index contributed by atoms with van der Waals surface area (Å²) in [6, 6.07) is 13.0. The van der Waals surface area contributed by atoms with Gasteiger partial charge in [-0.3, -0.25) is 9.52 Å². The first kappa shape index (κ1) is 15.3. The van der Waals surface area contributed by atoms with Crippen molar-refractivity contribution >= 4 is 26.6 Å². The molecule has 0 fully saturated rings. The minimum absolute atomic E-state index is 0.148. The van der Waals surface area contributed by atoms with Crippen molar-refractivity contribution in [2.24, 2.45) is 0 Å². The van der Waals surface area contributed by atoms with Gasteiger partial charge in [0.1, 0.15) is 0 Å². The van der Waals surface area contributed by atoms with Crippen LogP contribution in [0.5, 0.6) is 0 Å². The van der Waals surface area contributed by atoms with Gasteiger partial charge < -0.3 is 4.98 Å². The summed E-state index contributed by atoms with van der Waals surface area (Å²) in [7, 11) is -3.69. The molecule has 6 heteroatoms. The molecule has 23 heavy (non-hydrogen) atoms. The van der Waals surface area contributed by atoms with E-state index in [0.29, 0.717) is 16.6 Å². The molecule has 3 rings (SSSR count). The van der Waals surface area contributed by atoms with Crippen LogP contribution in [0.2, 0.25) is 0 Å². The number of H-pyrrole nitrogens is 1. The van der Waals surface area contributed by atoms with Gasteiger partial charge in [-0.05, 0) is 66.8 Å². The Morgan fingerprint density at radius 1 is 0.913 bits per heavy atom. The fraction of sp³-hybridized carbons (Fsp3) is 0.118. The van der Waals surface area contributed by atoms with E-state index in [1.165, 1.54) is 18.2 Å². The van der Waals surface area contributed by atoms with E-state index in [2.05, 4.69) is 9.71 Å². The summed E-state index contributed by atoms with van der Waals surface area (Å²) in [6.07, 6.45) is 0. The maximum Gasteiger partial charge on any atom is 0.261 e. The molecule has 2 aromatic carbocycles. The molecule has 0 bridgehead atoms. The van der Waals surface area contributed by atoms with Crippen molar-refractivity contribution in [3.63, 3.8) is 0 Å². The zero-order valence-electron chi connectivity index (χ0n) is 12.8. The zero-order valence-corrected chi connectivity index (χ0v) is 13.6. The van der Waals surface area contributed by atoms with Gasteiger partial charge in [-0.1, -0.05) is 6.07 Å². The Kier molecular flexibility index (Phi) is 3.69. The van der Waals surface area contributed by atoms with Crippen LogP contribution < -0.4 is 10.3 Å². The van der Waals surface area contributed by atoms with E-state index in [9.17, 15) is 13.2 Å². The van der Waals surface area contributed by atoms with E-state index in [-0.39, 0.29) is 10.5 Å². The lowest BCUT2D eigenvalue weighted by atomic mass is 10.1. The van der Waals surface area contributed by atoms with E-state index in [0.717, 1.165) is 11.1 Å². The number of hydrogen-bond acceptors (Lipinski definition) is 3. The number of aromatic amines is 1. The molecule has 3 aromatic rings. The number of benzene rings is 2. The second-order valence-electron chi connectivity index (χ2n) is 5.48. The summed E-state index contributed by atoms with van der Waals surface area (Å²) in [6.45, 7) is 3.90. The van der Waals surface area contributed by atoms with Gasteiger partial charge in [0.2, 0.25) is 5.56 Å². The Morgan fingerprint density at radius 3 is 2.43 bits per heavy atom. The number of fused-ring (bicyclic) bond motifs is 1. The fourth-order valence-electron chi connectivity index (χ4n) is 2.32. The molecule has 0 saturated carbocycles. The van der Waals surface area contributed by atoms with Gasteiger partial charge in [0.05, 0.1) is 4.90 Å². The second kappa shape index (κ2) is 5.55. The Labute approximate surface area is 134 Å². The fourth-order valence-corrected chi connectivity index (χ4v) is 3.40. The van der Waals surface area contributed by atoms with Crippen LogP contribution in [-0.4, -0.2) is 13.4 Å². The molecule has 2 N–H and O–H groups in total. The van der Waals surface area contributed by atoms with Gasteiger partial charge in [-0.2, -0.15) is 0 Å². The van der Waals surface area contributed by atoms with Crippen LogP contribution in [0, 0.1) is 13.8 Å². The summed E-state index contributed by atoms with van der Waals surface area (Å²) in [5.41, 5.74) is 3.02. The van der Waals surface area contributed by atoms with Crippen LogP contribution in [0.25, 0.3) is 10.9 Å². The van der Waals surface area contributed by atoms with Crippen molar-refractivity contribution in [3.8, 4) is 0 Å². The van der Waals surface area contributed by atoms with Gasteiger partial charge in [-0.15, -0.1) is 0 Å². The molecule has 0 unspecified atom stereocenters. The SMILES string of the molecule is Cc1ccc(NS(=O)(=O)c2ccc3[nH]c(=O)ccc3c2)cc1C. The number of hydrogen-bond donors (Lipinski definition) is 2. The zero-order chi connectivity index (χ0) is 16.6. The molecule has 1 aromatic heterocycles. The van der Waals surface area contributed by atoms with Gasteiger partial charge in [0, 0.05) is 17.3 Å². The first-order chi connectivity index (χ1) is 10.8. The average molecular weight is 328 g/mol. The van der Waals surface area contributed by atoms with Gasteiger partial charge in [0.15, 0.2) is 0 Å². The number of aryl methyl sites for hydroxylation is 2. The summed E-state index contributed by atoms with van der Waals surface area (Å²) in [5, 5.41) is 0.660. The monoisotopic (exact) mass is 328 g/mol. The largest absolute Gasteiger partial charge is 0.322 e. The maximum atomic E-state index is 12.5. The number of anilines is 1. The van der Waals surface area contributed by atoms with E-state index in [1.54, 1.807) is 24.3 Å². The predicted octanol–water partition coefficient (Wildman–Crippen LogP) is 2.95. The summed E-state index contributed by atoms with van der Waals surface area (Å²) >= 11 is 0. The van der Waals surface area contributed by atoms with Gasteiger partial charge in [-0.25, -0.2) is 8.42 Å². The van der Waals surface area contributed by atoms with E-state index >= 15 is 0 Å². The standard InChI is InChI=1S/C17H16N2O3S/c1-11-3-5-14(9-12(11)2)19-23(21,22)15-6-7-16-13(10-15)4-8-17(20)18-16/h3-10,19H,1-2H3,(H,18,20). The molecular weight excluding hydrogens is 312 g/mol. The average Bonchev–Trinajstić information content (AvgIpc) is 2.50. The third-order valence-electron chi connectivity index (χ3n) is 3.76. The second-order valence-corrected chi connectivity index (χ2v) is 7.16. The number of pyridine rings is 1.